The smallest absolute Gasteiger partial charge is 0.294 e. The fourth-order valence-corrected chi connectivity index (χ4v) is 5.57. The first-order valence-electron chi connectivity index (χ1n) is 11.8. The molecule has 8 nitrogen and oxygen atoms in total. The van der Waals surface area contributed by atoms with Crippen LogP contribution >= 0.6 is 58.0 Å². The highest BCUT2D eigenvalue weighted by Gasteiger charge is 2.67. The van der Waals surface area contributed by atoms with Crippen LogP contribution in [0.15, 0.2) is 65.3 Å². The number of halogens is 7. The number of alkyl halides is 2. The summed E-state index contributed by atoms with van der Waals surface area (Å²) in [6, 6.07) is 11.8. The summed E-state index contributed by atoms with van der Waals surface area (Å²) in [4.78, 5) is 38.3. The minimum atomic E-state index is -1.42. The van der Waals surface area contributed by atoms with E-state index in [9.17, 15) is 18.8 Å². The number of nitrogens with zero attached hydrogens (tertiary/aromatic N) is 1. The molecule has 0 unspecified atom stereocenters. The van der Waals surface area contributed by atoms with E-state index in [0.29, 0.717) is 10.6 Å². The zero-order chi connectivity index (χ0) is 30.3. The summed E-state index contributed by atoms with van der Waals surface area (Å²) in [5.74, 6) is -6.48. The maximum atomic E-state index is 15.1. The van der Waals surface area contributed by atoms with Crippen molar-refractivity contribution in [1.29, 1.82) is 0 Å². The van der Waals surface area contributed by atoms with E-state index in [-0.39, 0.29) is 27.1 Å². The molecule has 0 spiro atoms. The molecule has 0 bridgehead atoms. The summed E-state index contributed by atoms with van der Waals surface area (Å²) in [6.45, 7) is 0. The number of nitrogens with one attached hydrogen (secondary N) is 3. The number of rotatable bonds is 7. The van der Waals surface area contributed by atoms with Gasteiger partial charge in [-0.1, -0.05) is 46.0 Å². The van der Waals surface area contributed by atoms with Crippen LogP contribution in [0.4, 0.5) is 25.8 Å². The van der Waals surface area contributed by atoms with Crippen molar-refractivity contribution < 1.29 is 27.7 Å². The van der Waals surface area contributed by atoms with Gasteiger partial charge in [0.05, 0.1) is 38.4 Å². The van der Waals surface area contributed by atoms with E-state index in [1.807, 2.05) is 5.32 Å². The lowest BCUT2D eigenvalue weighted by atomic mass is 10.1. The van der Waals surface area contributed by atoms with Crippen molar-refractivity contribution in [2.45, 2.75) is 10.3 Å². The molecule has 3 aromatic carbocycles. The lowest BCUT2D eigenvalue weighted by Gasteiger charge is -2.13. The Bertz CT molecular complexity index is 1740. The van der Waals surface area contributed by atoms with E-state index < -0.39 is 56.9 Å². The molecular weight excluding hydrogens is 660 g/mol. The van der Waals surface area contributed by atoms with Gasteiger partial charge in [-0.3, -0.25) is 14.4 Å². The van der Waals surface area contributed by atoms with Crippen molar-refractivity contribution in [1.82, 2.24) is 5.16 Å². The first kappa shape index (κ1) is 30.1. The molecule has 0 radical (unpaired) electrons. The number of benzene rings is 3. The molecule has 3 N–H and O–H groups in total. The Balaban J connectivity index is 1.32. The van der Waals surface area contributed by atoms with E-state index in [4.69, 9.17) is 58.0 Å². The van der Waals surface area contributed by atoms with E-state index in [1.54, 1.807) is 18.2 Å². The zero-order valence-corrected chi connectivity index (χ0v) is 24.4. The van der Waals surface area contributed by atoms with Crippen LogP contribution in [0.25, 0.3) is 0 Å². The van der Waals surface area contributed by atoms with Gasteiger partial charge in [0.25, 0.3) is 11.8 Å². The molecule has 0 aliphatic heterocycles. The lowest BCUT2D eigenvalue weighted by Crippen LogP contribution is -2.19. The van der Waals surface area contributed by atoms with E-state index >= 15 is 4.39 Å². The zero-order valence-electron chi connectivity index (χ0n) is 20.7. The van der Waals surface area contributed by atoms with Gasteiger partial charge in [0.15, 0.2) is 5.82 Å². The highest BCUT2D eigenvalue weighted by atomic mass is 35.5. The van der Waals surface area contributed by atoms with Crippen LogP contribution in [0.5, 0.6) is 0 Å². The van der Waals surface area contributed by atoms with Gasteiger partial charge in [-0.15, -0.1) is 23.2 Å². The van der Waals surface area contributed by atoms with Gasteiger partial charge in [-0.2, -0.15) is 0 Å². The molecule has 1 fully saturated rings. The average molecular weight is 675 g/mol. The molecular formula is C27H15Cl5F2N4O4. The van der Waals surface area contributed by atoms with E-state index in [1.165, 1.54) is 30.5 Å². The maximum absolute atomic E-state index is 15.1. The Morgan fingerprint density at radius 1 is 0.833 bits per heavy atom. The normalized spacial score (nSPS) is 16.9. The summed E-state index contributed by atoms with van der Waals surface area (Å²) in [6.07, 6.45) is 1.18. The molecule has 1 heterocycles. The SMILES string of the molecule is O=C(Nc1c(F)ccc(NC(=O)c2cc(NC(=O)[C@H]3[C@H](c4ccc(Cl)c(Cl)c4)C3(Cl)Cl)ccc2Cl)c1F)c1ccno1. The van der Waals surface area contributed by atoms with Crippen molar-refractivity contribution >= 4 is 92.8 Å². The Labute approximate surface area is 261 Å². The summed E-state index contributed by atoms with van der Waals surface area (Å²) >= 11 is 31.1. The van der Waals surface area contributed by atoms with E-state index in [0.717, 1.165) is 12.1 Å². The Morgan fingerprint density at radius 3 is 2.26 bits per heavy atom. The summed E-state index contributed by atoms with van der Waals surface area (Å²) in [7, 11) is 0. The van der Waals surface area contributed by atoms with Crippen molar-refractivity contribution in [3.63, 3.8) is 0 Å². The van der Waals surface area contributed by atoms with Crippen LogP contribution in [0.3, 0.4) is 0 Å². The number of aromatic nitrogens is 1. The Hall–Kier alpha value is -3.41. The molecule has 1 saturated carbocycles. The average Bonchev–Trinajstić information content (AvgIpc) is 3.25. The molecule has 3 amide bonds. The molecule has 2 atom stereocenters. The minimum Gasteiger partial charge on any atom is -0.351 e. The monoisotopic (exact) mass is 672 g/mol. The van der Waals surface area contributed by atoms with Crippen LogP contribution < -0.4 is 16.0 Å². The van der Waals surface area contributed by atoms with Gasteiger partial charge < -0.3 is 20.5 Å². The second kappa shape index (κ2) is 11.7. The molecule has 15 heteroatoms. The van der Waals surface area contributed by atoms with Gasteiger partial charge in [-0.25, -0.2) is 8.78 Å². The molecule has 5 rings (SSSR count). The molecule has 0 saturated heterocycles. The third kappa shape index (κ3) is 5.91. The quantitative estimate of drug-likeness (QED) is 0.172. The van der Waals surface area contributed by atoms with Gasteiger partial charge in [0.1, 0.15) is 15.8 Å². The molecule has 216 valence electrons. The molecule has 1 aliphatic carbocycles. The topological polar surface area (TPSA) is 113 Å². The fraction of sp³-hybridized carbons (Fsp3) is 0.111. The first-order chi connectivity index (χ1) is 19.9. The van der Waals surface area contributed by atoms with Gasteiger partial charge >= 0.3 is 0 Å². The highest BCUT2D eigenvalue weighted by Crippen LogP contribution is 2.65. The van der Waals surface area contributed by atoms with Crippen LogP contribution in [0, 0.1) is 17.6 Å². The Kier molecular flexibility index (Phi) is 8.37. The number of hydrogen-bond acceptors (Lipinski definition) is 5. The number of amides is 3. The molecule has 42 heavy (non-hydrogen) atoms. The maximum Gasteiger partial charge on any atom is 0.294 e. The van der Waals surface area contributed by atoms with E-state index in [2.05, 4.69) is 20.3 Å². The van der Waals surface area contributed by atoms with Crippen LogP contribution in [-0.4, -0.2) is 27.2 Å². The minimum absolute atomic E-state index is 0.0315. The number of anilines is 3. The van der Waals surface area contributed by atoms with Crippen molar-refractivity contribution in [2.75, 3.05) is 16.0 Å². The number of carbonyl (C=O) groups is 3. The fourth-order valence-electron chi connectivity index (χ4n) is 4.23. The highest BCUT2D eigenvalue weighted by molar-refractivity contribution is 6.53. The summed E-state index contributed by atoms with van der Waals surface area (Å²) in [5.41, 5.74) is -0.657. The number of hydrogen-bond donors (Lipinski definition) is 3. The Morgan fingerprint density at radius 2 is 1.57 bits per heavy atom. The first-order valence-corrected chi connectivity index (χ1v) is 13.7. The molecule has 1 aromatic heterocycles. The number of carbonyl (C=O) groups excluding carboxylic acids is 3. The third-order valence-corrected chi connectivity index (χ3v) is 8.37. The van der Waals surface area contributed by atoms with Crippen molar-refractivity contribution in [2.24, 2.45) is 5.92 Å². The second-order valence-electron chi connectivity index (χ2n) is 9.06. The standard InChI is InChI=1S/C27H15Cl5F2N4O4/c28-14-4-2-12(36-26(41)21-20(27(21,31)32)11-1-3-15(29)16(30)9-11)10-13(14)24(39)37-18-6-5-17(33)23(22(18)34)38-25(40)19-7-8-35-42-19/h1-10,20-21H,(H,36,41)(H,37,39)(H,38,40)/t20-,21+/m0/s1. The lowest BCUT2D eigenvalue weighted by molar-refractivity contribution is -0.117. The van der Waals surface area contributed by atoms with Gasteiger partial charge in [0.2, 0.25) is 11.7 Å². The summed E-state index contributed by atoms with van der Waals surface area (Å²) in [5, 5.41) is 10.9. The van der Waals surface area contributed by atoms with Gasteiger partial charge in [0, 0.05) is 17.7 Å². The second-order valence-corrected chi connectivity index (χ2v) is 11.7. The predicted octanol–water partition coefficient (Wildman–Crippen LogP) is 7.94. The third-order valence-electron chi connectivity index (χ3n) is 6.36. The van der Waals surface area contributed by atoms with Crippen LogP contribution in [-0.2, 0) is 4.79 Å². The predicted molar refractivity (Wildman–Crippen MR) is 156 cm³/mol. The van der Waals surface area contributed by atoms with Crippen LogP contribution in [0.1, 0.15) is 32.4 Å². The van der Waals surface area contributed by atoms with Crippen LogP contribution in [0.2, 0.25) is 15.1 Å². The van der Waals surface area contributed by atoms with Crippen molar-refractivity contribution in [3.8, 4) is 0 Å². The largest absolute Gasteiger partial charge is 0.351 e. The van der Waals surface area contributed by atoms with Gasteiger partial charge in [-0.05, 0) is 48.0 Å². The summed E-state index contributed by atoms with van der Waals surface area (Å²) < 4.78 is 32.7. The van der Waals surface area contributed by atoms with Crippen molar-refractivity contribution in [3.05, 3.63) is 104 Å². The molecule has 4 aromatic rings. The molecule has 1 aliphatic rings.